The number of hydrogen-bond donors (Lipinski definition) is 2. The molecule has 0 fully saturated rings. The highest BCUT2D eigenvalue weighted by molar-refractivity contribution is 6.04. The van der Waals surface area contributed by atoms with E-state index in [2.05, 4.69) is 20.5 Å². The van der Waals surface area contributed by atoms with Crippen molar-refractivity contribution in [1.82, 2.24) is 15.2 Å². The molecule has 1 amide bonds. The van der Waals surface area contributed by atoms with Crippen molar-refractivity contribution in [2.24, 2.45) is 0 Å². The average molecular weight is 324 g/mol. The summed E-state index contributed by atoms with van der Waals surface area (Å²) in [4.78, 5) is 16.4. The molecule has 0 saturated heterocycles. The Balaban J connectivity index is 1.80. The Hall–Kier alpha value is -3.35. The molecule has 2 aromatic heterocycles. The van der Waals surface area contributed by atoms with Crippen molar-refractivity contribution in [3.63, 3.8) is 0 Å². The lowest BCUT2D eigenvalue weighted by Gasteiger charge is -2.10. The second kappa shape index (κ2) is 6.82. The maximum Gasteiger partial charge on any atom is 0.273 e. The highest BCUT2D eigenvalue weighted by Gasteiger charge is 2.14. The molecule has 24 heavy (non-hydrogen) atoms. The van der Waals surface area contributed by atoms with Crippen molar-refractivity contribution < 1.29 is 14.3 Å². The fourth-order valence-corrected chi connectivity index (χ4v) is 2.20. The number of pyridine rings is 1. The van der Waals surface area contributed by atoms with E-state index >= 15 is 0 Å². The molecule has 0 aliphatic carbocycles. The molecule has 2 N–H and O–H groups in total. The Morgan fingerprint density at radius 2 is 1.88 bits per heavy atom. The lowest BCUT2D eigenvalue weighted by atomic mass is 10.2. The summed E-state index contributed by atoms with van der Waals surface area (Å²) >= 11 is 0. The number of H-pyrrole nitrogens is 1. The van der Waals surface area contributed by atoms with Crippen LogP contribution in [0.4, 0.5) is 5.69 Å². The van der Waals surface area contributed by atoms with E-state index in [1.807, 2.05) is 12.1 Å². The molecule has 0 aliphatic heterocycles. The van der Waals surface area contributed by atoms with Crippen LogP contribution in [-0.4, -0.2) is 35.3 Å². The zero-order valence-corrected chi connectivity index (χ0v) is 13.2. The molecule has 2 heterocycles. The summed E-state index contributed by atoms with van der Waals surface area (Å²) < 4.78 is 10.4. The topological polar surface area (TPSA) is 89.1 Å². The SMILES string of the molecule is COc1ccc(NC(=O)c2cc(-c3ccncc3)n[nH]2)c(OC)c1. The van der Waals surface area contributed by atoms with Crippen LogP contribution in [0, 0.1) is 0 Å². The van der Waals surface area contributed by atoms with Crippen molar-refractivity contribution in [1.29, 1.82) is 0 Å². The van der Waals surface area contributed by atoms with Crippen molar-refractivity contribution in [3.05, 3.63) is 54.5 Å². The number of ether oxygens (including phenoxy) is 2. The normalized spacial score (nSPS) is 10.2. The first-order valence-electron chi connectivity index (χ1n) is 7.20. The van der Waals surface area contributed by atoms with Gasteiger partial charge in [-0.15, -0.1) is 0 Å². The molecule has 0 aliphatic rings. The Morgan fingerprint density at radius 3 is 2.58 bits per heavy atom. The first-order chi connectivity index (χ1) is 11.7. The predicted molar refractivity (Wildman–Crippen MR) is 89.3 cm³/mol. The Morgan fingerprint density at radius 1 is 1.08 bits per heavy atom. The van der Waals surface area contributed by atoms with Gasteiger partial charge in [0.05, 0.1) is 25.6 Å². The third-order valence-corrected chi connectivity index (χ3v) is 3.46. The minimum absolute atomic E-state index is 0.314. The number of methoxy groups -OCH3 is 2. The number of aromatic amines is 1. The van der Waals surface area contributed by atoms with E-state index in [1.165, 1.54) is 7.11 Å². The number of nitrogens with zero attached hydrogens (tertiary/aromatic N) is 2. The van der Waals surface area contributed by atoms with Crippen molar-refractivity contribution >= 4 is 11.6 Å². The largest absolute Gasteiger partial charge is 0.497 e. The zero-order valence-electron chi connectivity index (χ0n) is 13.2. The van der Waals surface area contributed by atoms with Gasteiger partial charge in [-0.05, 0) is 30.3 Å². The van der Waals surface area contributed by atoms with E-state index in [0.717, 1.165) is 5.56 Å². The molecule has 0 bridgehead atoms. The molecule has 0 atom stereocenters. The van der Waals surface area contributed by atoms with Gasteiger partial charge >= 0.3 is 0 Å². The Labute approximate surface area is 138 Å². The number of carbonyl (C=O) groups excluding carboxylic acids is 1. The molecule has 1 aromatic carbocycles. The third-order valence-electron chi connectivity index (χ3n) is 3.46. The summed E-state index contributed by atoms with van der Waals surface area (Å²) in [5.41, 5.74) is 2.44. The van der Waals surface area contributed by atoms with Gasteiger partial charge in [0.1, 0.15) is 17.2 Å². The Bertz CT molecular complexity index is 846. The number of benzene rings is 1. The molecule has 3 aromatic rings. The molecule has 0 radical (unpaired) electrons. The molecule has 0 unspecified atom stereocenters. The van der Waals surface area contributed by atoms with Crippen molar-refractivity contribution in [2.45, 2.75) is 0 Å². The van der Waals surface area contributed by atoms with Gasteiger partial charge in [-0.1, -0.05) is 0 Å². The lowest BCUT2D eigenvalue weighted by molar-refractivity contribution is 0.102. The van der Waals surface area contributed by atoms with Gasteiger partial charge in [0.25, 0.3) is 5.91 Å². The van der Waals surface area contributed by atoms with E-state index in [-0.39, 0.29) is 5.91 Å². The number of hydrogen-bond acceptors (Lipinski definition) is 5. The fourth-order valence-electron chi connectivity index (χ4n) is 2.20. The van der Waals surface area contributed by atoms with Gasteiger partial charge in [0, 0.05) is 24.0 Å². The molecule has 0 saturated carbocycles. The van der Waals surface area contributed by atoms with Crippen LogP contribution in [0.2, 0.25) is 0 Å². The van der Waals surface area contributed by atoms with Crippen molar-refractivity contribution in [2.75, 3.05) is 19.5 Å². The monoisotopic (exact) mass is 324 g/mol. The van der Waals surface area contributed by atoms with Crippen LogP contribution in [0.5, 0.6) is 11.5 Å². The number of anilines is 1. The lowest BCUT2D eigenvalue weighted by Crippen LogP contribution is -2.13. The zero-order chi connectivity index (χ0) is 16.9. The molecule has 0 spiro atoms. The second-order valence-corrected chi connectivity index (χ2v) is 4.92. The molecular weight excluding hydrogens is 308 g/mol. The first-order valence-corrected chi connectivity index (χ1v) is 7.20. The number of carbonyl (C=O) groups is 1. The minimum Gasteiger partial charge on any atom is -0.497 e. The van der Waals surface area contributed by atoms with Gasteiger partial charge in [0.15, 0.2) is 0 Å². The third kappa shape index (κ3) is 3.19. The van der Waals surface area contributed by atoms with Gasteiger partial charge in [-0.3, -0.25) is 14.9 Å². The van der Waals surface area contributed by atoms with Crippen LogP contribution in [0.15, 0.2) is 48.8 Å². The summed E-state index contributed by atoms with van der Waals surface area (Å²) in [6.07, 6.45) is 3.35. The van der Waals surface area contributed by atoms with Crippen LogP contribution in [0.3, 0.4) is 0 Å². The van der Waals surface area contributed by atoms with Crippen LogP contribution < -0.4 is 14.8 Å². The number of aromatic nitrogens is 3. The van der Waals surface area contributed by atoms with Gasteiger partial charge < -0.3 is 14.8 Å². The van der Waals surface area contributed by atoms with Gasteiger partial charge in [-0.2, -0.15) is 5.10 Å². The standard InChI is InChI=1S/C17H16N4O3/c1-23-12-3-4-13(16(9-12)24-2)19-17(22)15-10-14(20-21-15)11-5-7-18-8-6-11/h3-10H,1-2H3,(H,19,22)(H,20,21). The summed E-state index contributed by atoms with van der Waals surface area (Å²) in [5.74, 6) is 0.842. The first kappa shape index (κ1) is 15.5. The maximum atomic E-state index is 12.4. The summed E-state index contributed by atoms with van der Waals surface area (Å²) in [6.45, 7) is 0. The van der Waals surface area contributed by atoms with E-state index in [9.17, 15) is 4.79 Å². The number of nitrogens with one attached hydrogen (secondary N) is 2. The average Bonchev–Trinajstić information content (AvgIpc) is 3.13. The van der Waals surface area contributed by atoms with Crippen LogP contribution in [0.25, 0.3) is 11.3 Å². The summed E-state index contributed by atoms with van der Waals surface area (Å²) in [7, 11) is 3.10. The second-order valence-electron chi connectivity index (χ2n) is 4.92. The fraction of sp³-hybridized carbons (Fsp3) is 0.118. The quantitative estimate of drug-likeness (QED) is 0.753. The minimum atomic E-state index is -0.314. The predicted octanol–water partition coefficient (Wildman–Crippen LogP) is 2.74. The highest BCUT2D eigenvalue weighted by atomic mass is 16.5. The molecule has 7 nitrogen and oxygen atoms in total. The van der Waals surface area contributed by atoms with Gasteiger partial charge in [-0.25, -0.2) is 0 Å². The molecule has 3 rings (SSSR count). The molecule has 7 heteroatoms. The van der Waals surface area contributed by atoms with Crippen molar-refractivity contribution in [3.8, 4) is 22.8 Å². The molecular formula is C17H16N4O3. The van der Waals surface area contributed by atoms with Crippen LogP contribution in [0.1, 0.15) is 10.5 Å². The maximum absolute atomic E-state index is 12.4. The highest BCUT2D eigenvalue weighted by Crippen LogP contribution is 2.29. The van der Waals surface area contributed by atoms with Crippen LogP contribution >= 0.6 is 0 Å². The van der Waals surface area contributed by atoms with E-state index in [4.69, 9.17) is 9.47 Å². The summed E-state index contributed by atoms with van der Waals surface area (Å²) in [6, 6.07) is 10.5. The number of amides is 1. The van der Waals surface area contributed by atoms with E-state index < -0.39 is 0 Å². The van der Waals surface area contributed by atoms with E-state index in [1.54, 1.807) is 43.8 Å². The summed E-state index contributed by atoms with van der Waals surface area (Å²) in [5, 5.41) is 9.68. The smallest absolute Gasteiger partial charge is 0.273 e. The number of rotatable bonds is 5. The molecule has 122 valence electrons. The Kier molecular flexibility index (Phi) is 4.42. The van der Waals surface area contributed by atoms with Crippen LogP contribution in [-0.2, 0) is 0 Å². The van der Waals surface area contributed by atoms with E-state index in [0.29, 0.717) is 28.6 Å². The van der Waals surface area contributed by atoms with Gasteiger partial charge in [0.2, 0.25) is 0 Å².